The van der Waals surface area contributed by atoms with Crippen LogP contribution in [0.4, 0.5) is 10.1 Å². The van der Waals surface area contributed by atoms with E-state index in [9.17, 15) is 0 Å². The fraction of sp³-hybridized carbons (Fsp3) is 0.414. The van der Waals surface area contributed by atoms with E-state index < -0.39 is 0 Å². The van der Waals surface area contributed by atoms with Crippen LogP contribution in [0.5, 0.6) is 0 Å². The Morgan fingerprint density at radius 1 is 1.18 bits per heavy atom. The van der Waals surface area contributed by atoms with E-state index in [1.54, 1.807) is 6.07 Å². The lowest BCUT2D eigenvalue weighted by molar-refractivity contribution is 0.255. The molecule has 178 valence electrons. The molecule has 0 aliphatic carbocycles. The van der Waals surface area contributed by atoms with Crippen LogP contribution in [0.15, 0.2) is 60.9 Å². The van der Waals surface area contributed by atoms with Crippen molar-refractivity contribution in [2.75, 3.05) is 18.0 Å². The Balaban J connectivity index is 1.67. The highest BCUT2D eigenvalue weighted by Gasteiger charge is 2.57. The molecule has 34 heavy (non-hydrogen) atoms. The number of aromatic nitrogens is 1. The number of nitrogens with zero attached hydrogens (tertiary/aromatic N) is 2. The van der Waals surface area contributed by atoms with Crippen molar-refractivity contribution in [2.45, 2.75) is 58.0 Å². The lowest BCUT2D eigenvalue weighted by atomic mass is 9.64. The Kier molecular flexibility index (Phi) is 5.94. The van der Waals surface area contributed by atoms with E-state index in [1.807, 2.05) is 30.6 Å². The summed E-state index contributed by atoms with van der Waals surface area (Å²) in [5.41, 5.74) is 5.56. The number of hydrogen-bond acceptors (Lipinski definition) is 3. The predicted octanol–water partition coefficient (Wildman–Crippen LogP) is 6.63. The number of nitrogens with one attached hydrogen (secondary N) is 1. The zero-order chi connectivity index (χ0) is 24.1. The highest BCUT2D eigenvalue weighted by Crippen LogP contribution is 2.56. The largest absolute Gasteiger partial charge is 0.366 e. The summed E-state index contributed by atoms with van der Waals surface area (Å²) in [6, 6.07) is 16.6. The van der Waals surface area contributed by atoms with Crippen LogP contribution in [-0.2, 0) is 12.0 Å². The van der Waals surface area contributed by atoms with Gasteiger partial charge in [-0.1, -0.05) is 62.7 Å². The Labute approximate surface area is 207 Å². The first-order valence-corrected chi connectivity index (χ1v) is 12.5. The van der Waals surface area contributed by atoms with Gasteiger partial charge >= 0.3 is 0 Å². The summed E-state index contributed by atoms with van der Waals surface area (Å²) >= 11 is 6.27. The Hall–Kier alpha value is -2.43. The quantitative estimate of drug-likeness (QED) is 0.457. The van der Waals surface area contributed by atoms with Crippen LogP contribution in [-0.4, -0.2) is 24.1 Å². The third-order valence-corrected chi connectivity index (χ3v) is 7.82. The monoisotopic (exact) mass is 477 g/mol. The number of rotatable bonds is 4. The molecule has 0 bridgehead atoms. The third kappa shape index (κ3) is 4.01. The lowest BCUT2D eigenvalue weighted by Crippen LogP contribution is -2.48. The van der Waals surface area contributed by atoms with Crippen LogP contribution in [0.3, 0.4) is 0 Å². The maximum Gasteiger partial charge on any atom is 0.145 e. The van der Waals surface area contributed by atoms with Crippen molar-refractivity contribution in [3.8, 4) is 0 Å². The minimum Gasteiger partial charge on any atom is -0.366 e. The van der Waals surface area contributed by atoms with Crippen LogP contribution in [0, 0.1) is 18.2 Å². The molecule has 0 amide bonds. The third-order valence-electron chi connectivity index (χ3n) is 7.53. The van der Waals surface area contributed by atoms with Crippen LogP contribution in [0.2, 0.25) is 5.02 Å². The van der Waals surface area contributed by atoms with Gasteiger partial charge < -0.3 is 10.2 Å². The second-order valence-electron chi connectivity index (χ2n) is 11.2. The topological polar surface area (TPSA) is 28.2 Å². The van der Waals surface area contributed by atoms with Crippen molar-refractivity contribution < 1.29 is 4.39 Å². The van der Waals surface area contributed by atoms with Crippen LogP contribution in [0.25, 0.3) is 0 Å². The summed E-state index contributed by atoms with van der Waals surface area (Å²) in [4.78, 5) is 6.80. The van der Waals surface area contributed by atoms with Gasteiger partial charge in [-0.15, -0.1) is 0 Å². The molecule has 1 N–H and O–H groups in total. The number of fused-ring (bicyclic) bond motifs is 2. The van der Waals surface area contributed by atoms with Gasteiger partial charge in [-0.2, -0.15) is 0 Å². The zero-order valence-electron chi connectivity index (χ0n) is 20.4. The van der Waals surface area contributed by atoms with Crippen molar-refractivity contribution in [2.24, 2.45) is 5.41 Å². The molecule has 1 unspecified atom stereocenters. The summed E-state index contributed by atoms with van der Waals surface area (Å²) < 4.78 is 15.5. The number of hydrogen-bond donors (Lipinski definition) is 1. The molecule has 3 nitrogen and oxygen atoms in total. The summed E-state index contributed by atoms with van der Waals surface area (Å²) in [5.74, 6) is -0.301. The van der Waals surface area contributed by atoms with Gasteiger partial charge in [-0.3, -0.25) is 4.98 Å². The second kappa shape index (κ2) is 8.66. The highest BCUT2D eigenvalue weighted by molar-refractivity contribution is 6.30. The van der Waals surface area contributed by atoms with E-state index in [0.717, 1.165) is 26.1 Å². The molecule has 3 atom stereocenters. The van der Waals surface area contributed by atoms with Crippen LogP contribution in [0.1, 0.15) is 55.4 Å². The summed E-state index contributed by atoms with van der Waals surface area (Å²) in [7, 11) is 0. The molecule has 3 aromatic rings. The molecule has 1 aromatic heterocycles. The molecule has 3 heterocycles. The maximum absolute atomic E-state index is 15.5. The van der Waals surface area contributed by atoms with E-state index in [-0.39, 0.29) is 33.6 Å². The van der Waals surface area contributed by atoms with Gasteiger partial charge in [-0.25, -0.2) is 4.39 Å². The number of aryl methyl sites for hydroxylation is 1. The van der Waals surface area contributed by atoms with Crippen molar-refractivity contribution in [3.05, 3.63) is 94.0 Å². The first-order chi connectivity index (χ1) is 16.2. The van der Waals surface area contributed by atoms with Crippen molar-refractivity contribution >= 4 is 17.3 Å². The minimum absolute atomic E-state index is 0.0149. The normalized spacial score (nSPS) is 24.1. The average Bonchev–Trinajstić information content (AvgIpc) is 3.28. The van der Waals surface area contributed by atoms with Gasteiger partial charge in [0.05, 0.1) is 5.02 Å². The maximum atomic E-state index is 15.5. The van der Waals surface area contributed by atoms with E-state index in [2.05, 4.69) is 67.2 Å². The smallest absolute Gasteiger partial charge is 0.145 e. The van der Waals surface area contributed by atoms with Gasteiger partial charge in [0.25, 0.3) is 0 Å². The Bertz CT molecular complexity index is 1190. The molecule has 1 saturated heterocycles. The predicted molar refractivity (Wildman–Crippen MR) is 138 cm³/mol. The Morgan fingerprint density at radius 3 is 2.74 bits per heavy atom. The minimum atomic E-state index is -0.286. The molecule has 1 spiro atoms. The van der Waals surface area contributed by atoms with Crippen molar-refractivity contribution in [1.82, 2.24) is 10.3 Å². The molecule has 0 saturated carbocycles. The first kappa shape index (κ1) is 23.3. The molecule has 2 aliphatic rings. The summed E-state index contributed by atoms with van der Waals surface area (Å²) in [6.07, 6.45) is 4.75. The second-order valence-corrected chi connectivity index (χ2v) is 11.6. The fourth-order valence-corrected chi connectivity index (χ4v) is 6.32. The van der Waals surface area contributed by atoms with E-state index in [4.69, 9.17) is 11.6 Å². The van der Waals surface area contributed by atoms with Crippen LogP contribution < -0.4 is 10.2 Å². The van der Waals surface area contributed by atoms with Gasteiger partial charge in [0, 0.05) is 55.1 Å². The first-order valence-electron chi connectivity index (χ1n) is 12.1. The lowest BCUT2D eigenvalue weighted by Gasteiger charge is -2.40. The number of halogens is 2. The summed E-state index contributed by atoms with van der Waals surface area (Å²) in [6.45, 7) is 11.3. The van der Waals surface area contributed by atoms with Gasteiger partial charge in [0.15, 0.2) is 0 Å². The van der Waals surface area contributed by atoms with Gasteiger partial charge in [-0.05, 0) is 59.2 Å². The van der Waals surface area contributed by atoms with Gasteiger partial charge in [0.2, 0.25) is 0 Å². The van der Waals surface area contributed by atoms with E-state index >= 15 is 4.39 Å². The number of benzene rings is 2. The summed E-state index contributed by atoms with van der Waals surface area (Å²) in [5, 5.41) is 4.03. The molecule has 0 radical (unpaired) electrons. The van der Waals surface area contributed by atoms with E-state index in [1.165, 1.54) is 22.4 Å². The molecular weight excluding hydrogens is 445 g/mol. The van der Waals surface area contributed by atoms with E-state index in [0.29, 0.717) is 5.56 Å². The molecule has 2 aliphatic heterocycles. The number of anilines is 1. The molecule has 2 aromatic carbocycles. The SMILES string of the molecule is Cc1ccc2c(c1)N(Cc1cccnc1)C[C@@]21C(CC(C)(C)C)NC[C@@H]1c1cccc(Cl)c1F. The molecular formula is C29H33ClFN3. The standard InChI is InChI=1S/C29H33ClFN3/c1-19-10-11-22-25(13-19)34(17-20-7-6-12-32-15-20)18-29(22)23(16-33-26(29)14-28(2,3)4)21-8-5-9-24(30)27(21)31/h5-13,15,23,26,33H,14,16-18H2,1-4H3/t23-,26?,29-/m1/s1. The van der Waals surface area contributed by atoms with Gasteiger partial charge in [0.1, 0.15) is 5.82 Å². The fourth-order valence-electron chi connectivity index (χ4n) is 6.14. The van der Waals surface area contributed by atoms with Crippen LogP contribution >= 0.6 is 11.6 Å². The zero-order valence-corrected chi connectivity index (χ0v) is 21.2. The molecule has 5 heteroatoms. The Morgan fingerprint density at radius 2 is 2.00 bits per heavy atom. The molecule has 1 fully saturated rings. The van der Waals surface area contributed by atoms with Crippen molar-refractivity contribution in [1.29, 1.82) is 0 Å². The highest BCUT2D eigenvalue weighted by atomic mass is 35.5. The molecule has 5 rings (SSSR count). The number of pyridine rings is 1. The van der Waals surface area contributed by atoms with Crippen molar-refractivity contribution in [3.63, 3.8) is 0 Å². The average molecular weight is 478 g/mol.